The zero-order chi connectivity index (χ0) is 9.15. The van der Waals surface area contributed by atoms with Crippen LogP contribution in [0.3, 0.4) is 0 Å². The molecule has 2 aliphatic carbocycles. The van der Waals surface area contributed by atoms with Crippen LogP contribution in [0.5, 0.6) is 0 Å². The summed E-state index contributed by atoms with van der Waals surface area (Å²) in [6, 6.07) is 0.816. The molecule has 1 heteroatoms. The van der Waals surface area contributed by atoms with E-state index in [0.29, 0.717) is 5.54 Å². The van der Waals surface area contributed by atoms with Crippen molar-refractivity contribution in [1.82, 2.24) is 5.32 Å². The number of hydrogen-bond acceptors (Lipinski definition) is 1. The maximum absolute atomic E-state index is 3.84. The van der Waals surface area contributed by atoms with Crippen molar-refractivity contribution in [3.8, 4) is 0 Å². The highest BCUT2D eigenvalue weighted by molar-refractivity contribution is 5.01. The molecule has 74 valence electrons. The van der Waals surface area contributed by atoms with E-state index in [1.54, 1.807) is 0 Å². The van der Waals surface area contributed by atoms with Crippen molar-refractivity contribution in [2.45, 2.75) is 63.5 Å². The Morgan fingerprint density at radius 3 is 2.62 bits per heavy atom. The number of rotatable bonds is 2. The van der Waals surface area contributed by atoms with Crippen molar-refractivity contribution < 1.29 is 0 Å². The molecule has 1 nitrogen and oxygen atoms in total. The topological polar surface area (TPSA) is 12.0 Å². The largest absolute Gasteiger partial charge is 0.308 e. The van der Waals surface area contributed by atoms with Gasteiger partial charge in [0.15, 0.2) is 0 Å². The first-order valence-electron chi connectivity index (χ1n) is 5.71. The molecule has 1 N–H and O–H groups in total. The Balaban J connectivity index is 1.87. The minimum Gasteiger partial charge on any atom is -0.308 e. The fraction of sp³-hybridized carbons (Fsp3) is 0.833. The van der Waals surface area contributed by atoms with Crippen molar-refractivity contribution in [3.05, 3.63) is 12.2 Å². The average molecular weight is 179 g/mol. The summed E-state index contributed by atoms with van der Waals surface area (Å²) in [7, 11) is 0. The molecule has 1 unspecified atom stereocenters. The highest BCUT2D eigenvalue weighted by Crippen LogP contribution is 2.27. The van der Waals surface area contributed by atoms with Gasteiger partial charge in [-0.15, -0.1) is 0 Å². The predicted molar refractivity (Wildman–Crippen MR) is 56.8 cm³/mol. The first-order chi connectivity index (χ1) is 6.29. The van der Waals surface area contributed by atoms with Gasteiger partial charge in [0.1, 0.15) is 0 Å². The van der Waals surface area contributed by atoms with Gasteiger partial charge in [0.2, 0.25) is 0 Å². The highest BCUT2D eigenvalue weighted by Gasteiger charge is 2.28. The van der Waals surface area contributed by atoms with Crippen LogP contribution in [0.25, 0.3) is 0 Å². The maximum atomic E-state index is 3.84. The molecule has 2 aliphatic rings. The SMILES string of the molecule is CC1(NC2CCCC2)CC=CCC1. The Morgan fingerprint density at radius 1 is 1.23 bits per heavy atom. The van der Waals surface area contributed by atoms with Gasteiger partial charge in [-0.05, 0) is 39.0 Å². The Labute approximate surface area is 81.6 Å². The number of nitrogens with one attached hydrogen (secondary N) is 1. The van der Waals surface area contributed by atoms with Crippen LogP contribution in [-0.2, 0) is 0 Å². The van der Waals surface area contributed by atoms with Gasteiger partial charge in [0, 0.05) is 11.6 Å². The summed E-state index contributed by atoms with van der Waals surface area (Å²) < 4.78 is 0. The second-order valence-electron chi connectivity index (χ2n) is 4.90. The van der Waals surface area contributed by atoms with Crippen LogP contribution in [0.15, 0.2) is 12.2 Å². The molecule has 1 saturated carbocycles. The van der Waals surface area contributed by atoms with Gasteiger partial charge in [-0.2, -0.15) is 0 Å². The monoisotopic (exact) mass is 179 g/mol. The van der Waals surface area contributed by atoms with Gasteiger partial charge in [0.25, 0.3) is 0 Å². The van der Waals surface area contributed by atoms with E-state index in [4.69, 9.17) is 0 Å². The van der Waals surface area contributed by atoms with Gasteiger partial charge < -0.3 is 5.32 Å². The molecule has 0 spiro atoms. The Kier molecular flexibility index (Phi) is 2.73. The summed E-state index contributed by atoms with van der Waals surface area (Å²) in [6.07, 6.45) is 14.1. The first-order valence-corrected chi connectivity index (χ1v) is 5.71. The Bertz CT molecular complexity index is 191. The molecule has 0 amide bonds. The standard InChI is InChI=1S/C12H21N/c1-12(9-5-2-6-10-12)13-11-7-3-4-8-11/h2,5,11,13H,3-4,6-10H2,1H3. The second-order valence-corrected chi connectivity index (χ2v) is 4.90. The molecule has 0 aromatic rings. The summed E-state index contributed by atoms with van der Waals surface area (Å²) >= 11 is 0. The van der Waals surface area contributed by atoms with E-state index in [9.17, 15) is 0 Å². The lowest BCUT2D eigenvalue weighted by molar-refractivity contribution is 0.286. The van der Waals surface area contributed by atoms with Crippen LogP contribution in [0.2, 0.25) is 0 Å². The molecular formula is C12H21N. The van der Waals surface area contributed by atoms with Gasteiger partial charge in [-0.3, -0.25) is 0 Å². The van der Waals surface area contributed by atoms with Gasteiger partial charge >= 0.3 is 0 Å². The summed E-state index contributed by atoms with van der Waals surface area (Å²) in [6.45, 7) is 2.38. The lowest BCUT2D eigenvalue weighted by Crippen LogP contribution is -2.47. The van der Waals surface area contributed by atoms with Crippen molar-refractivity contribution in [3.63, 3.8) is 0 Å². The van der Waals surface area contributed by atoms with Crippen molar-refractivity contribution in [1.29, 1.82) is 0 Å². The van der Waals surface area contributed by atoms with Gasteiger partial charge in [-0.25, -0.2) is 0 Å². The molecular weight excluding hydrogens is 158 g/mol. The van der Waals surface area contributed by atoms with E-state index < -0.39 is 0 Å². The highest BCUT2D eigenvalue weighted by atomic mass is 15.0. The minimum absolute atomic E-state index is 0.407. The van der Waals surface area contributed by atoms with E-state index in [1.165, 1.54) is 44.9 Å². The Hall–Kier alpha value is -0.300. The summed E-state index contributed by atoms with van der Waals surface area (Å²) in [5, 5.41) is 3.84. The average Bonchev–Trinajstić information content (AvgIpc) is 2.57. The molecule has 0 bridgehead atoms. The fourth-order valence-electron chi connectivity index (χ4n) is 2.66. The minimum atomic E-state index is 0.407. The van der Waals surface area contributed by atoms with Crippen LogP contribution >= 0.6 is 0 Å². The Morgan fingerprint density at radius 2 is 2.00 bits per heavy atom. The molecule has 0 aliphatic heterocycles. The third-order valence-corrected chi connectivity index (χ3v) is 3.51. The molecule has 2 rings (SSSR count). The third-order valence-electron chi connectivity index (χ3n) is 3.51. The predicted octanol–water partition coefficient (Wildman–Crippen LogP) is 3.02. The van der Waals surface area contributed by atoms with E-state index >= 15 is 0 Å². The van der Waals surface area contributed by atoms with Crippen molar-refractivity contribution in [2.75, 3.05) is 0 Å². The van der Waals surface area contributed by atoms with Crippen LogP contribution in [0.4, 0.5) is 0 Å². The van der Waals surface area contributed by atoms with E-state index in [1.807, 2.05) is 0 Å². The zero-order valence-corrected chi connectivity index (χ0v) is 8.68. The molecule has 0 aromatic carbocycles. The van der Waals surface area contributed by atoms with Crippen LogP contribution in [0, 0.1) is 0 Å². The van der Waals surface area contributed by atoms with Crippen LogP contribution in [-0.4, -0.2) is 11.6 Å². The molecule has 0 saturated heterocycles. The summed E-state index contributed by atoms with van der Waals surface area (Å²) in [4.78, 5) is 0. The smallest absolute Gasteiger partial charge is 0.0193 e. The fourth-order valence-corrected chi connectivity index (χ4v) is 2.66. The van der Waals surface area contributed by atoms with Gasteiger partial charge in [-0.1, -0.05) is 25.0 Å². The number of hydrogen-bond donors (Lipinski definition) is 1. The van der Waals surface area contributed by atoms with E-state index in [2.05, 4.69) is 24.4 Å². The molecule has 0 aromatic heterocycles. The molecule has 13 heavy (non-hydrogen) atoms. The lowest BCUT2D eigenvalue weighted by Gasteiger charge is -2.35. The molecule has 1 fully saturated rings. The zero-order valence-electron chi connectivity index (χ0n) is 8.68. The lowest BCUT2D eigenvalue weighted by atomic mass is 9.87. The molecule has 0 heterocycles. The quantitative estimate of drug-likeness (QED) is 0.642. The molecule has 0 radical (unpaired) electrons. The molecule has 1 atom stereocenters. The normalized spacial score (nSPS) is 35.5. The second kappa shape index (κ2) is 3.83. The van der Waals surface area contributed by atoms with Crippen LogP contribution < -0.4 is 5.32 Å². The van der Waals surface area contributed by atoms with Gasteiger partial charge in [0.05, 0.1) is 0 Å². The van der Waals surface area contributed by atoms with Crippen LogP contribution in [0.1, 0.15) is 51.9 Å². The maximum Gasteiger partial charge on any atom is 0.0193 e. The first kappa shape index (κ1) is 9.26. The van der Waals surface area contributed by atoms with E-state index in [-0.39, 0.29) is 0 Å². The number of allylic oxidation sites excluding steroid dienone is 1. The van der Waals surface area contributed by atoms with Crippen molar-refractivity contribution >= 4 is 0 Å². The summed E-state index contributed by atoms with van der Waals surface area (Å²) in [5.74, 6) is 0. The van der Waals surface area contributed by atoms with Crippen molar-refractivity contribution in [2.24, 2.45) is 0 Å². The van der Waals surface area contributed by atoms with E-state index in [0.717, 1.165) is 6.04 Å². The third kappa shape index (κ3) is 2.34. The summed E-state index contributed by atoms with van der Waals surface area (Å²) in [5.41, 5.74) is 0.407.